The van der Waals surface area contributed by atoms with Crippen LogP contribution in [0.25, 0.3) is 0 Å². The molecule has 0 spiro atoms. The number of hydrogen-bond acceptors (Lipinski definition) is 3. The predicted octanol–water partition coefficient (Wildman–Crippen LogP) is 1.31. The Hall–Kier alpha value is -0.870. The summed E-state index contributed by atoms with van der Waals surface area (Å²) in [4.78, 5) is 7.22. The first-order valence-corrected chi connectivity index (χ1v) is 6.83. The molecule has 0 amide bonds. The third kappa shape index (κ3) is 1.89. The van der Waals surface area contributed by atoms with Crippen LogP contribution < -0.4 is 5.73 Å². The molecule has 1 saturated heterocycles. The summed E-state index contributed by atoms with van der Waals surface area (Å²) >= 11 is 0. The van der Waals surface area contributed by atoms with Gasteiger partial charge >= 0.3 is 0 Å². The summed E-state index contributed by atoms with van der Waals surface area (Å²) in [5, 5.41) is 0. The van der Waals surface area contributed by atoms with E-state index in [0.717, 1.165) is 25.9 Å². The second kappa shape index (κ2) is 4.42. The van der Waals surface area contributed by atoms with Crippen molar-refractivity contribution in [3.63, 3.8) is 0 Å². The first-order valence-electron chi connectivity index (χ1n) is 6.83. The summed E-state index contributed by atoms with van der Waals surface area (Å²) < 4.78 is 2.42. The van der Waals surface area contributed by atoms with Gasteiger partial charge in [0.2, 0.25) is 0 Å². The predicted molar refractivity (Wildman–Crippen MR) is 67.7 cm³/mol. The largest absolute Gasteiger partial charge is 0.331 e. The molecule has 1 aromatic heterocycles. The fraction of sp³-hybridized carbons (Fsp3) is 0.769. The van der Waals surface area contributed by atoms with E-state index in [9.17, 15) is 0 Å². The second-order valence-corrected chi connectivity index (χ2v) is 5.30. The van der Waals surface area contributed by atoms with Gasteiger partial charge in [0.25, 0.3) is 0 Å². The quantitative estimate of drug-likeness (QED) is 0.839. The zero-order chi connectivity index (χ0) is 11.8. The number of nitrogens with two attached hydrogens (primary N) is 1. The summed E-state index contributed by atoms with van der Waals surface area (Å²) in [6.45, 7) is 5.66. The van der Waals surface area contributed by atoms with Crippen LogP contribution >= 0.6 is 0 Å². The molecule has 4 heteroatoms. The lowest BCUT2D eigenvalue weighted by atomic mass is 10.1. The average molecular weight is 234 g/mol. The third-order valence-electron chi connectivity index (χ3n) is 4.23. The molecule has 2 unspecified atom stereocenters. The molecule has 0 saturated carbocycles. The molecule has 3 heterocycles. The van der Waals surface area contributed by atoms with Gasteiger partial charge in [0.1, 0.15) is 5.82 Å². The van der Waals surface area contributed by atoms with E-state index in [1.807, 2.05) is 6.20 Å². The fourth-order valence-corrected chi connectivity index (χ4v) is 3.28. The maximum absolute atomic E-state index is 6.01. The molecule has 3 rings (SSSR count). The number of hydrogen-bond donors (Lipinski definition) is 1. The van der Waals surface area contributed by atoms with Gasteiger partial charge in [0, 0.05) is 30.9 Å². The minimum Gasteiger partial charge on any atom is -0.331 e. The van der Waals surface area contributed by atoms with Crippen LogP contribution in [0, 0.1) is 0 Å². The zero-order valence-corrected chi connectivity index (χ0v) is 10.6. The molecule has 0 bridgehead atoms. The number of aromatic nitrogens is 2. The summed E-state index contributed by atoms with van der Waals surface area (Å²) in [5.74, 6) is 1.28. The van der Waals surface area contributed by atoms with Crippen LogP contribution in [0.3, 0.4) is 0 Å². The van der Waals surface area contributed by atoms with E-state index in [1.165, 1.54) is 30.9 Å². The van der Waals surface area contributed by atoms with Crippen molar-refractivity contribution < 1.29 is 0 Å². The minimum atomic E-state index is 0.331. The van der Waals surface area contributed by atoms with Crippen LogP contribution in [0.4, 0.5) is 0 Å². The van der Waals surface area contributed by atoms with Gasteiger partial charge in [-0.25, -0.2) is 4.98 Å². The molecule has 17 heavy (non-hydrogen) atoms. The molecule has 2 aliphatic heterocycles. The van der Waals surface area contributed by atoms with Crippen molar-refractivity contribution in [3.8, 4) is 0 Å². The smallest absolute Gasteiger partial charge is 0.126 e. The van der Waals surface area contributed by atoms with Gasteiger partial charge in [-0.1, -0.05) is 6.92 Å². The highest BCUT2D eigenvalue weighted by Crippen LogP contribution is 2.32. The number of imidazole rings is 1. The average Bonchev–Trinajstić information content (AvgIpc) is 2.92. The first-order chi connectivity index (χ1) is 8.29. The van der Waals surface area contributed by atoms with Crippen LogP contribution in [0.1, 0.15) is 43.7 Å². The number of rotatable bonds is 2. The highest BCUT2D eigenvalue weighted by molar-refractivity contribution is 5.13. The Morgan fingerprint density at radius 3 is 3.12 bits per heavy atom. The second-order valence-electron chi connectivity index (χ2n) is 5.30. The molecule has 0 aromatic carbocycles. The SMILES string of the molecule is CCN1CCCC1c1ncc2n1CCC(N)C2. The Morgan fingerprint density at radius 2 is 2.29 bits per heavy atom. The maximum Gasteiger partial charge on any atom is 0.126 e. The van der Waals surface area contributed by atoms with Crippen LogP contribution in [-0.2, 0) is 13.0 Å². The van der Waals surface area contributed by atoms with Crippen LogP contribution in [-0.4, -0.2) is 33.6 Å². The minimum absolute atomic E-state index is 0.331. The standard InChI is InChI=1S/C13H22N4/c1-2-16-6-3-4-12(16)13-15-9-11-8-10(14)5-7-17(11)13/h9-10,12H,2-8,14H2,1H3. The van der Waals surface area contributed by atoms with E-state index < -0.39 is 0 Å². The summed E-state index contributed by atoms with van der Waals surface area (Å²) in [6, 6.07) is 0.876. The normalized spacial score (nSPS) is 29.5. The van der Waals surface area contributed by atoms with E-state index >= 15 is 0 Å². The molecular formula is C13H22N4. The molecule has 94 valence electrons. The third-order valence-corrected chi connectivity index (χ3v) is 4.23. The monoisotopic (exact) mass is 234 g/mol. The van der Waals surface area contributed by atoms with Gasteiger partial charge in [-0.15, -0.1) is 0 Å². The molecule has 1 aromatic rings. The van der Waals surface area contributed by atoms with Crippen LogP contribution in [0.5, 0.6) is 0 Å². The molecule has 4 nitrogen and oxygen atoms in total. The first kappa shape index (κ1) is 11.2. The van der Waals surface area contributed by atoms with Crippen molar-refractivity contribution in [2.75, 3.05) is 13.1 Å². The van der Waals surface area contributed by atoms with Crippen molar-refractivity contribution in [2.45, 2.75) is 51.2 Å². The van der Waals surface area contributed by atoms with Gasteiger partial charge in [-0.3, -0.25) is 4.90 Å². The lowest BCUT2D eigenvalue weighted by Gasteiger charge is -2.27. The molecule has 0 aliphatic carbocycles. The molecular weight excluding hydrogens is 212 g/mol. The van der Waals surface area contributed by atoms with Crippen molar-refractivity contribution in [1.29, 1.82) is 0 Å². The summed E-state index contributed by atoms with van der Waals surface area (Å²) in [6.07, 6.45) is 6.69. The van der Waals surface area contributed by atoms with Crippen molar-refractivity contribution >= 4 is 0 Å². The highest BCUT2D eigenvalue weighted by atomic mass is 15.2. The Morgan fingerprint density at radius 1 is 1.41 bits per heavy atom. The number of nitrogens with zero attached hydrogens (tertiary/aromatic N) is 3. The molecule has 2 atom stereocenters. The maximum atomic E-state index is 6.01. The molecule has 2 N–H and O–H groups in total. The van der Waals surface area contributed by atoms with Crippen LogP contribution in [0.2, 0.25) is 0 Å². The topological polar surface area (TPSA) is 47.1 Å². The van der Waals surface area contributed by atoms with E-state index in [2.05, 4.69) is 21.4 Å². The highest BCUT2D eigenvalue weighted by Gasteiger charge is 2.30. The Balaban J connectivity index is 1.89. The van der Waals surface area contributed by atoms with Gasteiger partial charge in [-0.05, 0) is 32.4 Å². The fourth-order valence-electron chi connectivity index (χ4n) is 3.28. The zero-order valence-electron chi connectivity index (χ0n) is 10.6. The van der Waals surface area contributed by atoms with Crippen molar-refractivity contribution in [3.05, 3.63) is 17.7 Å². The van der Waals surface area contributed by atoms with Crippen molar-refractivity contribution in [1.82, 2.24) is 14.5 Å². The lowest BCUT2D eigenvalue weighted by Crippen LogP contribution is -2.32. The Kier molecular flexibility index (Phi) is 2.92. The molecule has 2 aliphatic rings. The Labute approximate surface area is 103 Å². The number of likely N-dealkylation sites (tertiary alicyclic amines) is 1. The molecule has 1 fully saturated rings. The lowest BCUT2D eigenvalue weighted by molar-refractivity contribution is 0.253. The van der Waals surface area contributed by atoms with E-state index in [4.69, 9.17) is 5.73 Å². The Bertz CT molecular complexity index is 398. The van der Waals surface area contributed by atoms with E-state index in [1.54, 1.807) is 0 Å². The van der Waals surface area contributed by atoms with E-state index in [0.29, 0.717) is 12.1 Å². The van der Waals surface area contributed by atoms with Gasteiger partial charge < -0.3 is 10.3 Å². The van der Waals surface area contributed by atoms with Gasteiger partial charge in [-0.2, -0.15) is 0 Å². The number of fused-ring (bicyclic) bond motifs is 1. The van der Waals surface area contributed by atoms with E-state index in [-0.39, 0.29) is 0 Å². The van der Waals surface area contributed by atoms with Gasteiger partial charge in [0.15, 0.2) is 0 Å². The van der Waals surface area contributed by atoms with Crippen molar-refractivity contribution in [2.24, 2.45) is 5.73 Å². The summed E-state index contributed by atoms with van der Waals surface area (Å²) in [7, 11) is 0. The van der Waals surface area contributed by atoms with Gasteiger partial charge in [0.05, 0.1) is 6.04 Å². The summed E-state index contributed by atoms with van der Waals surface area (Å²) in [5.41, 5.74) is 7.35. The van der Waals surface area contributed by atoms with Crippen LogP contribution in [0.15, 0.2) is 6.20 Å². The molecule has 0 radical (unpaired) electrons.